The summed E-state index contributed by atoms with van der Waals surface area (Å²) in [5.41, 5.74) is 0.924. The van der Waals surface area contributed by atoms with E-state index in [9.17, 15) is 9.59 Å². The van der Waals surface area contributed by atoms with E-state index in [1.807, 2.05) is 18.2 Å². The number of hydrogen-bond acceptors (Lipinski definition) is 3. The summed E-state index contributed by atoms with van der Waals surface area (Å²) in [7, 11) is 0. The predicted octanol–water partition coefficient (Wildman–Crippen LogP) is 1.83. The van der Waals surface area contributed by atoms with Gasteiger partial charge in [0, 0.05) is 24.5 Å². The lowest BCUT2D eigenvalue weighted by Crippen LogP contribution is -2.38. The monoisotopic (exact) mass is 311 g/mol. The Morgan fingerprint density at radius 1 is 1.38 bits per heavy atom. The molecular weight excluding hydrogens is 294 g/mol. The molecule has 1 aromatic carbocycles. The van der Waals surface area contributed by atoms with Crippen LogP contribution in [0.15, 0.2) is 24.3 Å². The number of benzene rings is 1. The molecule has 1 N–H and O–H groups in total. The maximum Gasteiger partial charge on any atom is 0.310 e. The van der Waals surface area contributed by atoms with E-state index in [0.29, 0.717) is 31.0 Å². The van der Waals surface area contributed by atoms with E-state index in [1.165, 1.54) is 0 Å². The van der Waals surface area contributed by atoms with Crippen molar-refractivity contribution in [2.75, 3.05) is 26.3 Å². The molecule has 1 aromatic rings. The molecule has 1 amide bonds. The molecular formula is C15H18ClNO4. The third kappa shape index (κ3) is 4.44. The molecule has 0 bridgehead atoms. The van der Waals surface area contributed by atoms with Crippen LogP contribution < -0.4 is 0 Å². The van der Waals surface area contributed by atoms with Crippen LogP contribution in [0.2, 0.25) is 5.02 Å². The minimum Gasteiger partial charge on any atom is -0.481 e. The molecule has 0 spiro atoms. The molecule has 0 saturated carbocycles. The quantitative estimate of drug-likeness (QED) is 0.921. The standard InChI is InChI=1S/C15H18ClNO4/c16-13-4-2-1-3-11(13)5-6-14(18)17-7-8-21-10-12(9-17)15(19)20/h1-4,12H,5-10H2,(H,19,20). The number of hydrogen-bond donors (Lipinski definition) is 1. The van der Waals surface area contributed by atoms with Gasteiger partial charge in [-0.05, 0) is 18.1 Å². The van der Waals surface area contributed by atoms with Crippen molar-refractivity contribution in [2.24, 2.45) is 5.92 Å². The number of carbonyl (C=O) groups is 2. The number of nitrogens with zero attached hydrogens (tertiary/aromatic N) is 1. The molecule has 1 saturated heterocycles. The molecule has 6 heteroatoms. The maximum atomic E-state index is 12.2. The number of carbonyl (C=O) groups excluding carboxylic acids is 1. The lowest BCUT2D eigenvalue weighted by atomic mass is 10.1. The van der Waals surface area contributed by atoms with Gasteiger partial charge in [-0.3, -0.25) is 9.59 Å². The molecule has 1 unspecified atom stereocenters. The number of aliphatic carboxylic acids is 1. The van der Waals surface area contributed by atoms with Crippen molar-refractivity contribution in [3.8, 4) is 0 Å². The number of rotatable bonds is 4. The first kappa shape index (κ1) is 15.8. The van der Waals surface area contributed by atoms with Gasteiger partial charge in [-0.2, -0.15) is 0 Å². The Morgan fingerprint density at radius 3 is 2.86 bits per heavy atom. The Balaban J connectivity index is 1.93. The summed E-state index contributed by atoms with van der Waals surface area (Å²) in [5.74, 6) is -1.65. The summed E-state index contributed by atoms with van der Waals surface area (Å²) in [6.07, 6.45) is 0.865. The molecule has 1 aliphatic rings. The number of halogens is 1. The normalized spacial score (nSPS) is 19.1. The van der Waals surface area contributed by atoms with E-state index >= 15 is 0 Å². The van der Waals surface area contributed by atoms with Gasteiger partial charge in [0.05, 0.1) is 19.1 Å². The maximum absolute atomic E-state index is 12.2. The summed E-state index contributed by atoms with van der Waals surface area (Å²) in [4.78, 5) is 24.9. The molecule has 21 heavy (non-hydrogen) atoms. The van der Waals surface area contributed by atoms with Gasteiger partial charge in [-0.15, -0.1) is 0 Å². The van der Waals surface area contributed by atoms with E-state index in [1.54, 1.807) is 11.0 Å². The van der Waals surface area contributed by atoms with Crippen molar-refractivity contribution < 1.29 is 19.4 Å². The average Bonchev–Trinajstić information content (AvgIpc) is 2.72. The van der Waals surface area contributed by atoms with Gasteiger partial charge in [0.2, 0.25) is 5.91 Å². The zero-order valence-corrected chi connectivity index (χ0v) is 12.4. The minimum atomic E-state index is -0.930. The van der Waals surface area contributed by atoms with Crippen LogP contribution in [0.5, 0.6) is 0 Å². The number of aryl methyl sites for hydroxylation is 1. The molecule has 0 radical (unpaired) electrons. The zero-order chi connectivity index (χ0) is 15.2. The lowest BCUT2D eigenvalue weighted by molar-refractivity contribution is -0.144. The Morgan fingerprint density at radius 2 is 2.14 bits per heavy atom. The summed E-state index contributed by atoms with van der Waals surface area (Å²) >= 11 is 6.06. The second-order valence-electron chi connectivity index (χ2n) is 5.04. The Labute approximate surface area is 128 Å². The molecule has 1 fully saturated rings. The van der Waals surface area contributed by atoms with Crippen molar-refractivity contribution in [1.29, 1.82) is 0 Å². The minimum absolute atomic E-state index is 0.0633. The van der Waals surface area contributed by atoms with E-state index in [2.05, 4.69) is 0 Å². The highest BCUT2D eigenvalue weighted by atomic mass is 35.5. The van der Waals surface area contributed by atoms with Crippen LogP contribution in [0.3, 0.4) is 0 Å². The first-order chi connectivity index (χ1) is 10.1. The third-order valence-corrected chi connectivity index (χ3v) is 3.90. The summed E-state index contributed by atoms with van der Waals surface area (Å²) in [6, 6.07) is 7.41. The second-order valence-corrected chi connectivity index (χ2v) is 5.45. The molecule has 0 aromatic heterocycles. The van der Waals surface area contributed by atoms with Crippen LogP contribution in [-0.4, -0.2) is 48.2 Å². The highest BCUT2D eigenvalue weighted by molar-refractivity contribution is 6.31. The van der Waals surface area contributed by atoms with Crippen LogP contribution in [0.25, 0.3) is 0 Å². The van der Waals surface area contributed by atoms with Gasteiger partial charge in [0.1, 0.15) is 0 Å². The molecule has 1 atom stereocenters. The topological polar surface area (TPSA) is 66.8 Å². The van der Waals surface area contributed by atoms with E-state index in [0.717, 1.165) is 5.56 Å². The highest BCUT2D eigenvalue weighted by Crippen LogP contribution is 2.17. The molecule has 0 aliphatic carbocycles. The molecule has 2 rings (SSSR count). The largest absolute Gasteiger partial charge is 0.481 e. The average molecular weight is 312 g/mol. The predicted molar refractivity (Wildman–Crippen MR) is 78.3 cm³/mol. The van der Waals surface area contributed by atoms with Crippen LogP contribution >= 0.6 is 11.6 Å². The Bertz CT molecular complexity index is 520. The fourth-order valence-electron chi connectivity index (χ4n) is 2.29. The zero-order valence-electron chi connectivity index (χ0n) is 11.6. The number of carboxylic acid groups (broad SMARTS) is 1. The van der Waals surface area contributed by atoms with Crippen LogP contribution in [-0.2, 0) is 20.7 Å². The van der Waals surface area contributed by atoms with Gasteiger partial charge in [0.15, 0.2) is 0 Å². The van der Waals surface area contributed by atoms with E-state index in [-0.39, 0.29) is 19.1 Å². The fourth-order valence-corrected chi connectivity index (χ4v) is 2.52. The summed E-state index contributed by atoms with van der Waals surface area (Å²) in [5, 5.41) is 9.72. The molecule has 1 heterocycles. The highest BCUT2D eigenvalue weighted by Gasteiger charge is 2.26. The number of amides is 1. The smallest absolute Gasteiger partial charge is 0.310 e. The number of ether oxygens (including phenoxy) is 1. The molecule has 1 aliphatic heterocycles. The van der Waals surface area contributed by atoms with Gasteiger partial charge in [0.25, 0.3) is 0 Å². The first-order valence-corrected chi connectivity index (χ1v) is 7.27. The van der Waals surface area contributed by atoms with Gasteiger partial charge >= 0.3 is 5.97 Å². The Hall–Kier alpha value is -1.59. The van der Waals surface area contributed by atoms with Crippen LogP contribution in [0.4, 0.5) is 0 Å². The van der Waals surface area contributed by atoms with Crippen LogP contribution in [0, 0.1) is 5.92 Å². The second kappa shape index (κ2) is 7.43. The van der Waals surface area contributed by atoms with E-state index < -0.39 is 11.9 Å². The van der Waals surface area contributed by atoms with Gasteiger partial charge in [-0.25, -0.2) is 0 Å². The summed E-state index contributed by atoms with van der Waals surface area (Å²) < 4.78 is 5.23. The number of carboxylic acids is 1. The SMILES string of the molecule is O=C(O)C1COCCN(C(=O)CCc2ccccc2Cl)C1. The van der Waals surface area contributed by atoms with Crippen molar-refractivity contribution in [1.82, 2.24) is 4.90 Å². The van der Waals surface area contributed by atoms with Crippen molar-refractivity contribution in [2.45, 2.75) is 12.8 Å². The first-order valence-electron chi connectivity index (χ1n) is 6.89. The Kier molecular flexibility index (Phi) is 5.59. The van der Waals surface area contributed by atoms with Gasteiger partial charge in [-0.1, -0.05) is 29.8 Å². The van der Waals surface area contributed by atoms with E-state index in [4.69, 9.17) is 21.4 Å². The van der Waals surface area contributed by atoms with Crippen molar-refractivity contribution in [3.05, 3.63) is 34.9 Å². The van der Waals surface area contributed by atoms with Crippen molar-refractivity contribution >= 4 is 23.5 Å². The lowest BCUT2D eigenvalue weighted by Gasteiger charge is -2.22. The molecule has 114 valence electrons. The summed E-state index contributed by atoms with van der Waals surface area (Å²) in [6.45, 7) is 1.17. The van der Waals surface area contributed by atoms with Crippen molar-refractivity contribution in [3.63, 3.8) is 0 Å². The van der Waals surface area contributed by atoms with Crippen LogP contribution in [0.1, 0.15) is 12.0 Å². The fraction of sp³-hybridized carbons (Fsp3) is 0.467. The molecule has 5 nitrogen and oxygen atoms in total. The van der Waals surface area contributed by atoms with Gasteiger partial charge < -0.3 is 14.7 Å². The third-order valence-electron chi connectivity index (χ3n) is 3.53.